The Balaban J connectivity index is 2.09. The zero-order valence-corrected chi connectivity index (χ0v) is 15.2. The van der Waals surface area contributed by atoms with Crippen LogP contribution in [0.2, 0.25) is 0 Å². The third-order valence-corrected chi connectivity index (χ3v) is 4.29. The largest absolute Gasteiger partial charge is 0.480 e. The Kier molecular flexibility index (Phi) is 6.02. The van der Waals surface area contributed by atoms with E-state index in [-0.39, 0.29) is 11.9 Å². The van der Waals surface area contributed by atoms with Gasteiger partial charge in [0.1, 0.15) is 5.75 Å². The maximum absolute atomic E-state index is 12.6. The lowest BCUT2D eigenvalue weighted by Crippen LogP contribution is -2.39. The zero-order chi connectivity index (χ0) is 17.7. The van der Waals surface area contributed by atoms with Gasteiger partial charge in [0.2, 0.25) is 0 Å². The van der Waals surface area contributed by atoms with E-state index in [1.165, 1.54) is 11.1 Å². The van der Waals surface area contributed by atoms with E-state index in [1.54, 1.807) is 0 Å². The monoisotopic (exact) mass is 325 g/mol. The van der Waals surface area contributed by atoms with E-state index in [0.717, 1.165) is 16.9 Å². The van der Waals surface area contributed by atoms with Gasteiger partial charge in [-0.3, -0.25) is 4.79 Å². The van der Waals surface area contributed by atoms with E-state index in [1.807, 2.05) is 45.0 Å². The minimum absolute atomic E-state index is 0.0491. The SMILES string of the molecule is CC[C@H](Oc1ccccc1C)C(=O)N[C@@H](C)c1cc(C)ccc1C. The Morgan fingerprint density at radius 1 is 1.08 bits per heavy atom. The van der Waals surface area contributed by atoms with Crippen LogP contribution in [0.4, 0.5) is 0 Å². The molecule has 128 valence electrons. The molecular formula is C21H27NO2. The lowest BCUT2D eigenvalue weighted by molar-refractivity contribution is -0.128. The standard InChI is InChI=1S/C21H27NO2/c1-6-19(24-20-10-8-7-9-16(20)4)21(23)22-17(5)18-13-14(2)11-12-15(18)3/h7-13,17,19H,6H2,1-5H3,(H,22,23)/t17-,19-/m0/s1. The number of benzene rings is 2. The van der Waals surface area contributed by atoms with Crippen molar-refractivity contribution < 1.29 is 9.53 Å². The van der Waals surface area contributed by atoms with Gasteiger partial charge in [0.15, 0.2) is 6.10 Å². The molecule has 2 aromatic carbocycles. The van der Waals surface area contributed by atoms with Crippen molar-refractivity contribution in [2.24, 2.45) is 0 Å². The molecule has 2 aromatic rings. The number of hydrogen-bond donors (Lipinski definition) is 1. The minimum Gasteiger partial charge on any atom is -0.480 e. The summed E-state index contributed by atoms with van der Waals surface area (Å²) >= 11 is 0. The van der Waals surface area contributed by atoms with Gasteiger partial charge in [0, 0.05) is 0 Å². The molecule has 1 amide bonds. The fourth-order valence-corrected chi connectivity index (χ4v) is 2.77. The topological polar surface area (TPSA) is 38.3 Å². The molecule has 2 atom stereocenters. The summed E-state index contributed by atoms with van der Waals surface area (Å²) in [5.74, 6) is 0.688. The lowest BCUT2D eigenvalue weighted by Gasteiger charge is -2.22. The van der Waals surface area contributed by atoms with Gasteiger partial charge in [-0.05, 0) is 56.9 Å². The Morgan fingerprint density at radius 3 is 2.46 bits per heavy atom. The third kappa shape index (κ3) is 4.38. The Bertz CT molecular complexity index is 709. The predicted octanol–water partition coefficient (Wildman–Crippen LogP) is 4.65. The fourth-order valence-electron chi connectivity index (χ4n) is 2.77. The van der Waals surface area contributed by atoms with Crippen LogP contribution in [0.15, 0.2) is 42.5 Å². The van der Waals surface area contributed by atoms with Crippen LogP contribution in [0.1, 0.15) is 48.6 Å². The number of ether oxygens (including phenoxy) is 1. The van der Waals surface area contributed by atoms with Crippen LogP contribution >= 0.6 is 0 Å². The number of rotatable bonds is 6. The highest BCUT2D eigenvalue weighted by Crippen LogP contribution is 2.21. The molecule has 24 heavy (non-hydrogen) atoms. The summed E-state index contributed by atoms with van der Waals surface area (Å²) in [4.78, 5) is 12.6. The second-order valence-corrected chi connectivity index (χ2v) is 6.37. The number of para-hydroxylation sites is 1. The molecule has 0 aliphatic rings. The molecule has 0 unspecified atom stereocenters. The van der Waals surface area contributed by atoms with Crippen molar-refractivity contribution in [1.82, 2.24) is 5.32 Å². The van der Waals surface area contributed by atoms with Crippen molar-refractivity contribution in [3.05, 3.63) is 64.7 Å². The van der Waals surface area contributed by atoms with Crippen molar-refractivity contribution in [2.75, 3.05) is 0 Å². The second-order valence-electron chi connectivity index (χ2n) is 6.37. The quantitative estimate of drug-likeness (QED) is 0.840. The average molecular weight is 325 g/mol. The number of amides is 1. The molecule has 0 spiro atoms. The van der Waals surface area contributed by atoms with Crippen LogP contribution in [0.5, 0.6) is 5.75 Å². The first kappa shape index (κ1) is 18.1. The van der Waals surface area contributed by atoms with Crippen LogP contribution in [0.3, 0.4) is 0 Å². The van der Waals surface area contributed by atoms with Gasteiger partial charge >= 0.3 is 0 Å². The normalized spacial score (nSPS) is 13.2. The number of carbonyl (C=O) groups is 1. The van der Waals surface area contributed by atoms with E-state index in [4.69, 9.17) is 4.74 Å². The van der Waals surface area contributed by atoms with Crippen molar-refractivity contribution in [3.63, 3.8) is 0 Å². The van der Waals surface area contributed by atoms with E-state index >= 15 is 0 Å². The van der Waals surface area contributed by atoms with Crippen molar-refractivity contribution in [2.45, 2.75) is 53.2 Å². The minimum atomic E-state index is -0.487. The summed E-state index contributed by atoms with van der Waals surface area (Å²) in [6.07, 6.45) is 0.137. The first-order valence-electron chi connectivity index (χ1n) is 8.52. The molecule has 0 aromatic heterocycles. The molecule has 0 heterocycles. The summed E-state index contributed by atoms with van der Waals surface area (Å²) in [6, 6.07) is 14.0. The molecule has 0 fully saturated rings. The molecule has 2 rings (SSSR count). The third-order valence-electron chi connectivity index (χ3n) is 4.29. The van der Waals surface area contributed by atoms with Crippen LogP contribution < -0.4 is 10.1 Å². The Hall–Kier alpha value is -2.29. The van der Waals surface area contributed by atoms with Gasteiger partial charge in [-0.2, -0.15) is 0 Å². The second kappa shape index (κ2) is 8.00. The molecule has 3 nitrogen and oxygen atoms in total. The predicted molar refractivity (Wildman–Crippen MR) is 98.4 cm³/mol. The van der Waals surface area contributed by atoms with Crippen LogP contribution in [-0.2, 0) is 4.79 Å². The first-order valence-corrected chi connectivity index (χ1v) is 8.52. The van der Waals surface area contributed by atoms with Crippen LogP contribution in [-0.4, -0.2) is 12.0 Å². The number of hydrogen-bond acceptors (Lipinski definition) is 2. The van der Waals surface area contributed by atoms with Crippen LogP contribution in [0.25, 0.3) is 0 Å². The number of nitrogens with one attached hydrogen (secondary N) is 1. The maximum Gasteiger partial charge on any atom is 0.261 e. The van der Waals surface area contributed by atoms with Crippen molar-refractivity contribution in [1.29, 1.82) is 0 Å². The average Bonchev–Trinajstić information content (AvgIpc) is 2.56. The summed E-state index contributed by atoms with van der Waals surface area (Å²) in [5, 5.41) is 3.09. The van der Waals surface area contributed by atoms with Gasteiger partial charge in [-0.1, -0.05) is 48.9 Å². The van der Waals surface area contributed by atoms with Gasteiger partial charge in [0.25, 0.3) is 5.91 Å². The highest BCUT2D eigenvalue weighted by atomic mass is 16.5. The van der Waals surface area contributed by atoms with E-state index in [2.05, 4.69) is 37.4 Å². The molecule has 0 saturated heterocycles. The van der Waals surface area contributed by atoms with E-state index in [0.29, 0.717) is 6.42 Å². The van der Waals surface area contributed by atoms with Gasteiger partial charge in [-0.15, -0.1) is 0 Å². The maximum atomic E-state index is 12.6. The van der Waals surface area contributed by atoms with Gasteiger partial charge in [-0.25, -0.2) is 0 Å². The molecular weight excluding hydrogens is 298 g/mol. The Morgan fingerprint density at radius 2 is 1.79 bits per heavy atom. The number of carbonyl (C=O) groups excluding carboxylic acids is 1. The zero-order valence-electron chi connectivity index (χ0n) is 15.2. The Labute approximate surface area is 145 Å². The van der Waals surface area contributed by atoms with Crippen LogP contribution in [0, 0.1) is 20.8 Å². The van der Waals surface area contributed by atoms with Crippen molar-refractivity contribution >= 4 is 5.91 Å². The molecule has 3 heteroatoms. The summed E-state index contributed by atoms with van der Waals surface area (Å²) in [7, 11) is 0. The smallest absolute Gasteiger partial charge is 0.261 e. The molecule has 0 aliphatic carbocycles. The highest BCUT2D eigenvalue weighted by molar-refractivity contribution is 5.81. The number of aryl methyl sites for hydroxylation is 3. The van der Waals surface area contributed by atoms with E-state index in [9.17, 15) is 4.79 Å². The molecule has 1 N–H and O–H groups in total. The molecule has 0 saturated carbocycles. The first-order chi connectivity index (χ1) is 11.4. The van der Waals surface area contributed by atoms with Gasteiger partial charge in [0.05, 0.1) is 6.04 Å². The highest BCUT2D eigenvalue weighted by Gasteiger charge is 2.21. The molecule has 0 bridgehead atoms. The van der Waals surface area contributed by atoms with E-state index < -0.39 is 6.10 Å². The van der Waals surface area contributed by atoms with Crippen molar-refractivity contribution in [3.8, 4) is 5.75 Å². The summed E-state index contributed by atoms with van der Waals surface area (Å²) in [6.45, 7) is 10.1. The summed E-state index contributed by atoms with van der Waals surface area (Å²) in [5.41, 5.74) is 4.56. The fraction of sp³-hybridized carbons (Fsp3) is 0.381. The molecule has 0 radical (unpaired) electrons. The lowest BCUT2D eigenvalue weighted by atomic mass is 10.00. The van der Waals surface area contributed by atoms with Gasteiger partial charge < -0.3 is 10.1 Å². The molecule has 0 aliphatic heterocycles. The summed E-state index contributed by atoms with van der Waals surface area (Å²) < 4.78 is 5.93.